The first-order valence-corrected chi connectivity index (χ1v) is 5.84. The lowest BCUT2D eigenvalue weighted by Gasteiger charge is -2.15. The van der Waals surface area contributed by atoms with Crippen molar-refractivity contribution in [1.29, 1.82) is 0 Å². The average Bonchev–Trinajstić information content (AvgIpc) is 2.27. The van der Waals surface area contributed by atoms with E-state index in [1.54, 1.807) is 12.1 Å². The largest absolute Gasteiger partial charge is 0.383 e. The Morgan fingerprint density at radius 2 is 1.82 bits per heavy atom. The Bertz CT molecular complexity index is 416. The molecule has 2 nitrogen and oxygen atoms in total. The van der Waals surface area contributed by atoms with Gasteiger partial charge in [-0.05, 0) is 11.6 Å². The molecule has 0 aromatic heterocycles. The number of aliphatic hydroxyl groups excluding tert-OH is 1. The van der Waals surface area contributed by atoms with Crippen LogP contribution in [0, 0.1) is 5.41 Å². The van der Waals surface area contributed by atoms with Gasteiger partial charge in [-0.25, -0.2) is 0 Å². The smallest absolute Gasteiger partial charge is 0.162 e. The van der Waals surface area contributed by atoms with Crippen molar-refractivity contribution in [1.82, 2.24) is 0 Å². The predicted molar refractivity (Wildman–Crippen MR) is 69.8 cm³/mol. The van der Waals surface area contributed by atoms with E-state index in [1.807, 2.05) is 39.0 Å². The topological polar surface area (TPSA) is 37.3 Å². The molecule has 3 heteroatoms. The second-order valence-electron chi connectivity index (χ2n) is 4.96. The molecule has 0 amide bonds. The number of carbonyl (C=O) groups is 1. The summed E-state index contributed by atoms with van der Waals surface area (Å²) in [7, 11) is 0. The molecule has 17 heavy (non-hydrogen) atoms. The van der Waals surface area contributed by atoms with E-state index in [0.717, 1.165) is 0 Å². The Balaban J connectivity index is 2.88. The van der Waals surface area contributed by atoms with Gasteiger partial charge < -0.3 is 5.11 Å². The van der Waals surface area contributed by atoms with Crippen LogP contribution in [0.1, 0.15) is 32.4 Å². The Morgan fingerprint density at radius 1 is 1.29 bits per heavy atom. The van der Waals surface area contributed by atoms with Gasteiger partial charge in [-0.2, -0.15) is 0 Å². The molecule has 0 bridgehead atoms. The van der Waals surface area contributed by atoms with Crippen molar-refractivity contribution in [2.45, 2.75) is 26.9 Å². The van der Waals surface area contributed by atoms with Crippen molar-refractivity contribution in [3.63, 3.8) is 0 Å². The van der Waals surface area contributed by atoms with Crippen molar-refractivity contribution in [3.05, 3.63) is 47.0 Å². The standard InChI is InChI=1S/C14H17ClO2/c1-14(2,3)12(16)9-11(15)13(17)10-7-5-4-6-8-10/h4-9,13,17H,1-3H3/b11-9-. The van der Waals surface area contributed by atoms with Crippen molar-refractivity contribution < 1.29 is 9.90 Å². The molecule has 0 saturated carbocycles. The van der Waals surface area contributed by atoms with Crippen molar-refractivity contribution in [2.75, 3.05) is 0 Å². The summed E-state index contributed by atoms with van der Waals surface area (Å²) in [6, 6.07) is 9.02. The van der Waals surface area contributed by atoms with Crippen LogP contribution in [0.4, 0.5) is 0 Å². The van der Waals surface area contributed by atoms with Crippen LogP contribution < -0.4 is 0 Å². The van der Waals surface area contributed by atoms with Gasteiger partial charge in [0, 0.05) is 5.41 Å². The van der Waals surface area contributed by atoms with Crippen LogP contribution in [-0.4, -0.2) is 10.9 Å². The fraction of sp³-hybridized carbons (Fsp3) is 0.357. The maximum Gasteiger partial charge on any atom is 0.162 e. The maximum atomic E-state index is 11.7. The molecular weight excluding hydrogens is 236 g/mol. The van der Waals surface area contributed by atoms with Crippen LogP contribution in [-0.2, 0) is 4.79 Å². The molecular formula is C14H17ClO2. The number of carbonyl (C=O) groups excluding carboxylic acids is 1. The molecule has 0 radical (unpaired) electrons. The minimum absolute atomic E-state index is 0.0996. The molecule has 0 spiro atoms. The number of halogens is 1. The van der Waals surface area contributed by atoms with Crippen LogP contribution in [0.3, 0.4) is 0 Å². The van der Waals surface area contributed by atoms with Crippen LogP contribution >= 0.6 is 11.6 Å². The Hall–Kier alpha value is -1.12. The quantitative estimate of drug-likeness (QED) is 0.837. The number of ketones is 1. The van der Waals surface area contributed by atoms with E-state index in [2.05, 4.69) is 0 Å². The summed E-state index contributed by atoms with van der Waals surface area (Å²) in [5.74, 6) is -0.0996. The van der Waals surface area contributed by atoms with Crippen LogP contribution in [0.15, 0.2) is 41.4 Å². The van der Waals surface area contributed by atoms with Gasteiger partial charge >= 0.3 is 0 Å². The molecule has 1 rings (SSSR count). The summed E-state index contributed by atoms with van der Waals surface area (Å²) in [5, 5.41) is 10.1. The molecule has 0 saturated heterocycles. The zero-order chi connectivity index (χ0) is 13.1. The van der Waals surface area contributed by atoms with E-state index in [4.69, 9.17) is 11.6 Å². The van der Waals surface area contributed by atoms with E-state index >= 15 is 0 Å². The van der Waals surface area contributed by atoms with Gasteiger partial charge in [0.05, 0.1) is 5.03 Å². The van der Waals surface area contributed by atoms with Gasteiger partial charge in [0.2, 0.25) is 0 Å². The summed E-state index contributed by atoms with van der Waals surface area (Å²) in [6.45, 7) is 5.43. The highest BCUT2D eigenvalue weighted by Crippen LogP contribution is 2.26. The molecule has 92 valence electrons. The van der Waals surface area contributed by atoms with Crippen LogP contribution in [0.5, 0.6) is 0 Å². The first-order valence-electron chi connectivity index (χ1n) is 5.47. The third kappa shape index (κ3) is 3.99. The highest BCUT2D eigenvalue weighted by molar-refractivity contribution is 6.31. The third-order valence-electron chi connectivity index (χ3n) is 2.38. The predicted octanol–water partition coefficient (Wildman–Crippen LogP) is 3.46. The number of hydrogen-bond donors (Lipinski definition) is 1. The Labute approximate surface area is 107 Å². The van der Waals surface area contributed by atoms with Crippen molar-refractivity contribution >= 4 is 17.4 Å². The number of rotatable bonds is 3. The third-order valence-corrected chi connectivity index (χ3v) is 2.70. The zero-order valence-electron chi connectivity index (χ0n) is 10.3. The van der Waals surface area contributed by atoms with E-state index in [1.165, 1.54) is 6.08 Å². The summed E-state index contributed by atoms with van der Waals surface area (Å²) < 4.78 is 0. The molecule has 0 aliphatic rings. The second kappa shape index (κ2) is 5.48. The fourth-order valence-electron chi connectivity index (χ4n) is 1.22. The first kappa shape index (κ1) is 13.9. The van der Waals surface area contributed by atoms with Crippen molar-refractivity contribution in [2.24, 2.45) is 5.41 Å². The number of benzene rings is 1. The first-order chi connectivity index (χ1) is 7.82. The van der Waals surface area contributed by atoms with Gasteiger partial charge in [0.25, 0.3) is 0 Å². The summed E-state index contributed by atoms with van der Waals surface area (Å²) in [5.41, 5.74) is 0.187. The fourth-order valence-corrected chi connectivity index (χ4v) is 1.44. The monoisotopic (exact) mass is 252 g/mol. The lowest BCUT2D eigenvalue weighted by molar-refractivity contribution is -0.121. The van der Waals surface area contributed by atoms with Crippen LogP contribution in [0.2, 0.25) is 0 Å². The lowest BCUT2D eigenvalue weighted by Crippen LogP contribution is -2.18. The highest BCUT2D eigenvalue weighted by Gasteiger charge is 2.21. The minimum Gasteiger partial charge on any atom is -0.383 e. The molecule has 0 heterocycles. The van der Waals surface area contributed by atoms with Crippen LogP contribution in [0.25, 0.3) is 0 Å². The lowest BCUT2D eigenvalue weighted by atomic mass is 9.90. The number of aliphatic hydroxyl groups is 1. The molecule has 0 fully saturated rings. The van der Waals surface area contributed by atoms with Gasteiger partial charge in [0.1, 0.15) is 6.10 Å². The summed E-state index contributed by atoms with van der Waals surface area (Å²) >= 11 is 5.96. The molecule has 1 unspecified atom stereocenters. The van der Waals surface area contributed by atoms with E-state index < -0.39 is 11.5 Å². The minimum atomic E-state index is -0.941. The molecule has 1 N–H and O–H groups in total. The van der Waals surface area contributed by atoms with Gasteiger partial charge in [-0.3, -0.25) is 4.79 Å². The van der Waals surface area contributed by atoms with Crippen molar-refractivity contribution in [3.8, 4) is 0 Å². The molecule has 1 aromatic carbocycles. The molecule has 1 aromatic rings. The average molecular weight is 253 g/mol. The molecule has 1 atom stereocenters. The second-order valence-corrected chi connectivity index (χ2v) is 5.39. The molecule has 0 aliphatic carbocycles. The Kier molecular flexibility index (Phi) is 4.49. The summed E-state index contributed by atoms with van der Waals surface area (Å²) in [6.07, 6.45) is 0.364. The number of allylic oxidation sites excluding steroid dienone is 1. The number of hydrogen-bond acceptors (Lipinski definition) is 2. The Morgan fingerprint density at radius 3 is 2.29 bits per heavy atom. The summed E-state index contributed by atoms with van der Waals surface area (Å²) in [4.78, 5) is 11.7. The normalized spacial score (nSPS) is 14.5. The van der Waals surface area contributed by atoms with E-state index in [-0.39, 0.29) is 10.8 Å². The highest BCUT2D eigenvalue weighted by atomic mass is 35.5. The SMILES string of the molecule is CC(C)(C)C(=O)/C=C(\Cl)C(O)c1ccccc1. The zero-order valence-corrected chi connectivity index (χ0v) is 11.0. The van der Waals surface area contributed by atoms with Gasteiger partial charge in [-0.15, -0.1) is 0 Å². The maximum absolute atomic E-state index is 11.7. The van der Waals surface area contributed by atoms with E-state index in [9.17, 15) is 9.90 Å². The van der Waals surface area contributed by atoms with E-state index in [0.29, 0.717) is 5.56 Å². The van der Waals surface area contributed by atoms with Gasteiger partial charge in [-0.1, -0.05) is 62.7 Å². The molecule has 0 aliphatic heterocycles. The van der Waals surface area contributed by atoms with Gasteiger partial charge in [0.15, 0.2) is 5.78 Å².